The Morgan fingerprint density at radius 2 is 1.16 bits per heavy atom. The zero-order valence-corrected chi connectivity index (χ0v) is 35.9. The molecule has 0 spiro atoms. The molecule has 0 saturated heterocycles. The van der Waals surface area contributed by atoms with E-state index in [9.17, 15) is 8.42 Å². The Bertz CT molecular complexity index is 2910. The lowest BCUT2D eigenvalue weighted by Gasteiger charge is -2.34. The first-order valence-electron chi connectivity index (χ1n) is 20.3. The summed E-state index contributed by atoms with van der Waals surface area (Å²) in [5, 5.41) is 21.9. The number of rotatable bonds is 10. The van der Waals surface area contributed by atoms with Crippen LogP contribution in [0.1, 0.15) is 56.0 Å². The molecule has 0 bridgehead atoms. The molecule has 1 aliphatic heterocycles. The number of halogens is 1. The average Bonchev–Trinajstić information content (AvgIpc) is 3.97. The van der Waals surface area contributed by atoms with Crippen LogP contribution in [-0.4, -0.2) is 51.7 Å². The van der Waals surface area contributed by atoms with Gasteiger partial charge < -0.3 is 0 Å². The molecule has 2 heterocycles. The summed E-state index contributed by atoms with van der Waals surface area (Å²) in [7, 11) is -4.17. The van der Waals surface area contributed by atoms with E-state index in [1.54, 1.807) is 21.9 Å². The van der Waals surface area contributed by atoms with Crippen molar-refractivity contribution >= 4 is 33.2 Å². The quantitative estimate of drug-likeness (QED) is 0.0771. The molecule has 9 rings (SSSR count). The van der Waals surface area contributed by atoms with Crippen LogP contribution < -0.4 is 0 Å². The zero-order chi connectivity index (χ0) is 42.8. The molecule has 0 saturated carbocycles. The summed E-state index contributed by atoms with van der Waals surface area (Å²) < 4.78 is 32.6. The smallest absolute Gasteiger partial charge is 0.245 e. The van der Waals surface area contributed by atoms with E-state index in [2.05, 4.69) is 58.0 Å². The molecule has 0 fully saturated rings. The SMILES string of the molecule is Cc1cc(C)c(C(=NS(=O)(=O)c2ccc(Cl)cc2)N2CC(c3ccccc3)C(c3ccc(-c4nnn(C(c5ccccc5)(c5ccccc5)c5ccccc5)n4)cc3)=N2)c(C)c1. The number of hydrogen-bond donors (Lipinski definition) is 0. The van der Waals surface area contributed by atoms with Gasteiger partial charge >= 0.3 is 0 Å². The number of tetrazole rings is 1. The van der Waals surface area contributed by atoms with Gasteiger partial charge in [0.25, 0.3) is 10.0 Å². The lowest BCUT2D eigenvalue weighted by atomic mass is 9.77. The number of amidine groups is 1. The second-order valence-electron chi connectivity index (χ2n) is 15.4. The molecule has 0 aliphatic carbocycles. The van der Waals surface area contributed by atoms with Gasteiger partial charge in [0.05, 0.1) is 17.2 Å². The zero-order valence-electron chi connectivity index (χ0n) is 34.3. The molecule has 8 aromatic rings. The molecule has 7 aromatic carbocycles. The lowest BCUT2D eigenvalue weighted by Crippen LogP contribution is -2.39. The highest BCUT2D eigenvalue weighted by Crippen LogP contribution is 2.40. The molecular weight excluding hydrogens is 810 g/mol. The van der Waals surface area contributed by atoms with Gasteiger partial charge in [0, 0.05) is 22.1 Å². The minimum absolute atomic E-state index is 0.0412. The van der Waals surface area contributed by atoms with Crippen LogP contribution in [0.2, 0.25) is 5.02 Å². The molecule has 1 aliphatic rings. The van der Waals surface area contributed by atoms with Gasteiger partial charge in [0.15, 0.2) is 11.4 Å². The van der Waals surface area contributed by atoms with Crippen molar-refractivity contribution in [3.05, 3.63) is 237 Å². The van der Waals surface area contributed by atoms with Crippen molar-refractivity contribution in [2.75, 3.05) is 6.54 Å². The fraction of sp³-hybridized carbons (Fsp3) is 0.118. The van der Waals surface area contributed by atoms with E-state index in [-0.39, 0.29) is 16.6 Å². The van der Waals surface area contributed by atoms with Crippen LogP contribution in [0.15, 0.2) is 196 Å². The van der Waals surface area contributed by atoms with Crippen LogP contribution >= 0.6 is 11.6 Å². The minimum atomic E-state index is -4.17. The summed E-state index contributed by atoms with van der Waals surface area (Å²) in [5.74, 6) is 0.506. The third-order valence-electron chi connectivity index (χ3n) is 11.3. The normalized spacial score (nSPS) is 14.5. The summed E-state index contributed by atoms with van der Waals surface area (Å²) in [4.78, 5) is 1.76. The molecule has 0 N–H and O–H groups in total. The highest BCUT2D eigenvalue weighted by Gasteiger charge is 2.41. The van der Waals surface area contributed by atoms with Crippen LogP contribution in [-0.2, 0) is 15.6 Å². The van der Waals surface area contributed by atoms with Gasteiger partial charge in [-0.25, -0.2) is 5.01 Å². The molecular formula is C51H42ClN7O2S. The van der Waals surface area contributed by atoms with Crippen LogP contribution in [0.4, 0.5) is 0 Å². The van der Waals surface area contributed by atoms with E-state index in [1.165, 1.54) is 12.1 Å². The number of sulfonamides is 1. The lowest BCUT2D eigenvalue weighted by molar-refractivity contribution is 0.396. The second kappa shape index (κ2) is 16.8. The fourth-order valence-electron chi connectivity index (χ4n) is 8.52. The topological polar surface area (TPSA) is 106 Å². The number of hydrogen-bond acceptors (Lipinski definition) is 6. The second-order valence-corrected chi connectivity index (χ2v) is 17.5. The van der Waals surface area contributed by atoms with Crippen LogP contribution in [0.3, 0.4) is 0 Å². The summed E-state index contributed by atoms with van der Waals surface area (Å²) in [5.41, 5.74) is 9.10. The number of nitrogens with zero attached hydrogens (tertiary/aromatic N) is 7. The Balaban J connectivity index is 1.14. The molecule has 11 heteroatoms. The molecule has 0 amide bonds. The van der Waals surface area contributed by atoms with Crippen LogP contribution in [0.5, 0.6) is 0 Å². The Kier molecular flexibility index (Phi) is 10.9. The first-order valence-corrected chi connectivity index (χ1v) is 22.1. The third-order valence-corrected chi connectivity index (χ3v) is 12.8. The maximum Gasteiger partial charge on any atom is 0.284 e. The van der Waals surface area contributed by atoms with Crippen LogP contribution in [0.25, 0.3) is 11.4 Å². The van der Waals surface area contributed by atoms with Crippen molar-refractivity contribution in [2.24, 2.45) is 9.50 Å². The van der Waals surface area contributed by atoms with E-state index in [0.717, 1.165) is 55.8 Å². The highest BCUT2D eigenvalue weighted by atomic mass is 35.5. The molecule has 0 radical (unpaired) electrons. The van der Waals surface area contributed by atoms with E-state index in [1.807, 2.05) is 130 Å². The summed E-state index contributed by atoms with van der Waals surface area (Å²) in [6.07, 6.45) is 0. The number of aromatic nitrogens is 4. The van der Waals surface area contributed by atoms with E-state index in [0.29, 0.717) is 23.0 Å². The molecule has 62 heavy (non-hydrogen) atoms. The van der Waals surface area contributed by atoms with Crippen molar-refractivity contribution in [3.8, 4) is 11.4 Å². The molecule has 306 valence electrons. The van der Waals surface area contributed by atoms with Gasteiger partial charge in [0.2, 0.25) is 5.82 Å². The van der Waals surface area contributed by atoms with Gasteiger partial charge in [-0.05, 0) is 89.2 Å². The third kappa shape index (κ3) is 7.63. The van der Waals surface area contributed by atoms with Crippen molar-refractivity contribution in [1.82, 2.24) is 25.2 Å². The minimum Gasteiger partial charge on any atom is -0.245 e. The number of hydrazone groups is 1. The Morgan fingerprint density at radius 3 is 1.69 bits per heavy atom. The van der Waals surface area contributed by atoms with Crippen LogP contribution in [0, 0.1) is 20.8 Å². The Hall–Kier alpha value is -7.01. The maximum absolute atomic E-state index is 14.0. The fourth-order valence-corrected chi connectivity index (χ4v) is 9.64. The first-order chi connectivity index (χ1) is 30.1. The van der Waals surface area contributed by atoms with E-state index in [4.69, 9.17) is 27.0 Å². The average molecular weight is 852 g/mol. The van der Waals surface area contributed by atoms with E-state index >= 15 is 0 Å². The standard InChI is InChI=1S/C51H42ClN7O2S/c1-35-32-36(2)47(37(3)33-35)50(56-62(60,61)45-30-28-44(52)29-31-45)58-34-46(38-16-8-4-9-17-38)48(54-58)39-24-26-40(27-25-39)49-53-57-59(55-49)51(41-18-10-5-11-19-41,42-20-12-6-13-21-42)43-22-14-7-15-23-43/h4-33,46H,34H2,1-3H3. The predicted octanol–water partition coefficient (Wildman–Crippen LogP) is 10.4. The Labute approximate surface area is 366 Å². The molecule has 1 atom stereocenters. The van der Waals surface area contributed by atoms with E-state index < -0.39 is 15.6 Å². The first kappa shape index (κ1) is 40.4. The summed E-state index contributed by atoms with van der Waals surface area (Å²) in [6.45, 7) is 6.33. The van der Waals surface area contributed by atoms with Gasteiger partial charge in [-0.15, -0.1) is 19.4 Å². The summed E-state index contributed by atoms with van der Waals surface area (Å²) in [6, 6.07) is 59.0. The van der Waals surface area contributed by atoms with Crippen molar-refractivity contribution in [1.29, 1.82) is 0 Å². The highest BCUT2D eigenvalue weighted by molar-refractivity contribution is 7.90. The monoisotopic (exact) mass is 851 g/mol. The maximum atomic E-state index is 14.0. The largest absolute Gasteiger partial charge is 0.284 e. The van der Waals surface area contributed by atoms with Crippen molar-refractivity contribution < 1.29 is 8.42 Å². The molecule has 1 unspecified atom stereocenters. The van der Waals surface area contributed by atoms with Crippen molar-refractivity contribution in [2.45, 2.75) is 37.1 Å². The molecule has 1 aromatic heterocycles. The van der Waals surface area contributed by atoms with Gasteiger partial charge in [-0.3, -0.25) is 0 Å². The number of benzene rings is 7. The van der Waals surface area contributed by atoms with Crippen molar-refractivity contribution in [3.63, 3.8) is 0 Å². The predicted molar refractivity (Wildman–Crippen MR) is 246 cm³/mol. The van der Waals surface area contributed by atoms with Gasteiger partial charge in [0.1, 0.15) is 0 Å². The Morgan fingerprint density at radius 1 is 0.661 bits per heavy atom. The van der Waals surface area contributed by atoms with Gasteiger partial charge in [-0.2, -0.15) is 13.5 Å². The van der Waals surface area contributed by atoms with Gasteiger partial charge in [-0.1, -0.05) is 175 Å². The number of aryl methyl sites for hydroxylation is 3. The summed E-state index contributed by atoms with van der Waals surface area (Å²) >= 11 is 6.14. The molecule has 9 nitrogen and oxygen atoms in total.